The summed E-state index contributed by atoms with van der Waals surface area (Å²) < 4.78 is 79.8. The Labute approximate surface area is 314 Å². The number of rotatable bonds is 5. The maximum Gasteiger partial charge on any atom is 0.416 e. The van der Waals surface area contributed by atoms with E-state index in [9.17, 15) is 0 Å². The molecule has 0 amide bonds. The quantitative estimate of drug-likeness (QED) is 0.165. The first-order valence-electron chi connectivity index (χ1n) is 17.6. The summed E-state index contributed by atoms with van der Waals surface area (Å²) in [6, 6.07) is 34.3. The highest BCUT2D eigenvalue weighted by atomic mass is 19.4. The third-order valence-corrected chi connectivity index (χ3v) is 10.1. The average Bonchev–Trinajstić information content (AvgIpc) is 3.72. The first-order chi connectivity index (χ1) is 27.2. The Bertz CT molecular complexity index is 2960. The summed E-state index contributed by atoms with van der Waals surface area (Å²) in [7, 11) is 0. The van der Waals surface area contributed by atoms with Gasteiger partial charge in [0.05, 0.1) is 39.0 Å². The van der Waals surface area contributed by atoms with Crippen molar-refractivity contribution in [3.8, 4) is 45.3 Å². The molecule has 0 aliphatic carbocycles. The summed E-state index contributed by atoms with van der Waals surface area (Å²) in [5.74, 6) is -0.781. The molecule has 0 unspecified atom stereocenters. The molecule has 270 valence electrons. The van der Waals surface area contributed by atoms with Gasteiger partial charge in [-0.15, -0.1) is 0 Å². The van der Waals surface area contributed by atoms with Gasteiger partial charge >= 0.3 is 6.18 Å². The SMILES string of the molecule is Fc1cc(F)cc(-c2c(-n3c4ccccc4c4cc(-c5ncccn5)ccc43)cc(C(F)(F)F)cc2-n2c3ccccc3c3cc(-c4ncccn4)ccc32)c1. The van der Waals surface area contributed by atoms with Gasteiger partial charge in [0.2, 0.25) is 0 Å². The summed E-state index contributed by atoms with van der Waals surface area (Å²) in [6.45, 7) is 0. The van der Waals surface area contributed by atoms with Crippen LogP contribution in [0.3, 0.4) is 0 Å². The predicted octanol–water partition coefficient (Wildman–Crippen LogP) is 11.8. The number of para-hydroxylation sites is 2. The van der Waals surface area contributed by atoms with Gasteiger partial charge < -0.3 is 9.13 Å². The van der Waals surface area contributed by atoms with E-state index in [1.165, 1.54) is 0 Å². The number of alkyl halides is 3. The molecule has 0 saturated heterocycles. The Morgan fingerprint density at radius 1 is 0.411 bits per heavy atom. The van der Waals surface area contributed by atoms with E-state index >= 15 is 22.0 Å². The van der Waals surface area contributed by atoms with Crippen molar-refractivity contribution in [2.24, 2.45) is 0 Å². The molecule has 11 heteroatoms. The third-order valence-electron chi connectivity index (χ3n) is 10.1. The molecule has 0 atom stereocenters. The van der Waals surface area contributed by atoms with Crippen molar-refractivity contribution in [3.05, 3.63) is 169 Å². The fourth-order valence-electron chi connectivity index (χ4n) is 7.76. The van der Waals surface area contributed by atoms with Crippen molar-refractivity contribution >= 4 is 43.6 Å². The van der Waals surface area contributed by atoms with Crippen LogP contribution in [0.4, 0.5) is 22.0 Å². The zero-order valence-electron chi connectivity index (χ0n) is 29.0. The minimum atomic E-state index is -4.80. The van der Waals surface area contributed by atoms with E-state index in [0.717, 1.165) is 51.9 Å². The first kappa shape index (κ1) is 33.3. The molecule has 0 fully saturated rings. The Kier molecular flexibility index (Phi) is 7.53. The molecule has 0 N–H and O–H groups in total. The molecular formula is C45H25F5N6. The normalized spacial score (nSPS) is 12.0. The number of fused-ring (bicyclic) bond motifs is 6. The van der Waals surface area contributed by atoms with Gasteiger partial charge in [-0.2, -0.15) is 13.2 Å². The van der Waals surface area contributed by atoms with Crippen molar-refractivity contribution in [3.63, 3.8) is 0 Å². The van der Waals surface area contributed by atoms with E-state index in [2.05, 4.69) is 19.9 Å². The van der Waals surface area contributed by atoms with Gasteiger partial charge in [-0.25, -0.2) is 28.7 Å². The molecule has 0 spiro atoms. The molecule has 56 heavy (non-hydrogen) atoms. The van der Waals surface area contributed by atoms with Gasteiger partial charge in [0.15, 0.2) is 11.6 Å². The monoisotopic (exact) mass is 744 g/mol. The van der Waals surface area contributed by atoms with E-state index in [4.69, 9.17) is 0 Å². The van der Waals surface area contributed by atoms with Crippen molar-refractivity contribution in [1.29, 1.82) is 0 Å². The first-order valence-corrected chi connectivity index (χ1v) is 17.6. The Balaban J connectivity index is 1.36. The molecule has 6 aromatic carbocycles. The number of aromatic nitrogens is 6. The van der Waals surface area contributed by atoms with Crippen LogP contribution >= 0.6 is 0 Å². The molecule has 10 rings (SSSR count). The van der Waals surface area contributed by atoms with Crippen LogP contribution in [0.15, 0.2) is 152 Å². The smallest absolute Gasteiger partial charge is 0.309 e. The Morgan fingerprint density at radius 3 is 1.29 bits per heavy atom. The number of hydrogen-bond donors (Lipinski definition) is 0. The number of benzene rings is 6. The maximum atomic E-state index is 15.3. The lowest BCUT2D eigenvalue weighted by Crippen LogP contribution is -2.11. The average molecular weight is 745 g/mol. The number of hydrogen-bond acceptors (Lipinski definition) is 4. The lowest BCUT2D eigenvalue weighted by Gasteiger charge is -2.23. The van der Waals surface area contributed by atoms with E-state index in [1.807, 2.05) is 72.8 Å². The van der Waals surface area contributed by atoms with Crippen LogP contribution in [0.5, 0.6) is 0 Å². The second-order valence-electron chi connectivity index (χ2n) is 13.4. The topological polar surface area (TPSA) is 61.4 Å². The van der Waals surface area contributed by atoms with Gasteiger partial charge in [-0.3, -0.25) is 0 Å². The van der Waals surface area contributed by atoms with Crippen LogP contribution in [0, 0.1) is 11.6 Å². The van der Waals surface area contributed by atoms with Crippen molar-refractivity contribution in [2.75, 3.05) is 0 Å². The molecule has 10 aromatic rings. The molecule has 0 radical (unpaired) electrons. The van der Waals surface area contributed by atoms with Crippen LogP contribution in [0.1, 0.15) is 5.56 Å². The van der Waals surface area contributed by atoms with E-state index in [1.54, 1.807) is 58.2 Å². The Hall–Kier alpha value is -7.27. The molecule has 6 nitrogen and oxygen atoms in total. The molecule has 0 aliphatic rings. The lowest BCUT2D eigenvalue weighted by atomic mass is 9.97. The zero-order chi connectivity index (χ0) is 38.1. The highest BCUT2D eigenvalue weighted by Crippen LogP contribution is 2.46. The molecule has 0 bridgehead atoms. The van der Waals surface area contributed by atoms with Gasteiger partial charge in [0, 0.05) is 69.1 Å². The van der Waals surface area contributed by atoms with Gasteiger partial charge in [0.25, 0.3) is 0 Å². The van der Waals surface area contributed by atoms with Gasteiger partial charge in [0.1, 0.15) is 11.6 Å². The fourth-order valence-corrected chi connectivity index (χ4v) is 7.76. The molecule has 4 heterocycles. The highest BCUT2D eigenvalue weighted by molar-refractivity contribution is 6.13. The molecule has 0 aliphatic heterocycles. The number of nitrogens with zero attached hydrogens (tertiary/aromatic N) is 6. The van der Waals surface area contributed by atoms with E-state index in [0.29, 0.717) is 44.8 Å². The number of halogens is 5. The van der Waals surface area contributed by atoms with Crippen LogP contribution in [-0.4, -0.2) is 29.1 Å². The molecular weight excluding hydrogens is 720 g/mol. The zero-order valence-corrected chi connectivity index (χ0v) is 29.0. The van der Waals surface area contributed by atoms with E-state index in [-0.39, 0.29) is 22.5 Å². The second-order valence-corrected chi connectivity index (χ2v) is 13.4. The minimum absolute atomic E-state index is 0.0571. The van der Waals surface area contributed by atoms with Crippen LogP contribution in [0.25, 0.3) is 88.9 Å². The summed E-state index contributed by atoms with van der Waals surface area (Å²) in [5, 5.41) is 2.97. The fraction of sp³-hybridized carbons (Fsp3) is 0.0222. The standard InChI is InChI=1S/C45H25F5N6/c46-30-19-28(20-31(47)25-30)42-40(55-36-9-3-1-7-32(36)34-21-26(11-13-38(34)55)43-51-15-5-16-52-43)23-29(45(48,49)50)24-41(42)56-37-10-4-2-8-33(37)35-22-27(12-14-39(35)56)44-53-17-6-18-54-44/h1-25H. The van der Waals surface area contributed by atoms with Crippen molar-refractivity contribution < 1.29 is 22.0 Å². The largest absolute Gasteiger partial charge is 0.416 e. The summed E-state index contributed by atoms with van der Waals surface area (Å²) >= 11 is 0. The van der Waals surface area contributed by atoms with Crippen LogP contribution < -0.4 is 0 Å². The van der Waals surface area contributed by atoms with Gasteiger partial charge in [-0.1, -0.05) is 36.4 Å². The van der Waals surface area contributed by atoms with Crippen molar-refractivity contribution in [2.45, 2.75) is 6.18 Å². The second kappa shape index (κ2) is 12.7. The summed E-state index contributed by atoms with van der Waals surface area (Å²) in [4.78, 5) is 17.6. The minimum Gasteiger partial charge on any atom is -0.309 e. The van der Waals surface area contributed by atoms with Crippen LogP contribution in [-0.2, 0) is 6.18 Å². The maximum absolute atomic E-state index is 15.3. The third kappa shape index (κ3) is 5.38. The van der Waals surface area contributed by atoms with Gasteiger partial charge in [-0.05, 0) is 90.5 Å². The lowest BCUT2D eigenvalue weighted by molar-refractivity contribution is -0.137. The predicted molar refractivity (Wildman–Crippen MR) is 208 cm³/mol. The molecule has 0 saturated carbocycles. The van der Waals surface area contributed by atoms with Crippen LogP contribution in [0.2, 0.25) is 0 Å². The van der Waals surface area contributed by atoms with E-state index < -0.39 is 23.4 Å². The summed E-state index contributed by atoms with van der Waals surface area (Å²) in [6.07, 6.45) is 1.73. The highest BCUT2D eigenvalue weighted by Gasteiger charge is 2.34. The Morgan fingerprint density at radius 2 is 0.839 bits per heavy atom. The molecule has 4 aromatic heterocycles. The van der Waals surface area contributed by atoms with Crippen molar-refractivity contribution in [1.82, 2.24) is 29.1 Å². The summed E-state index contributed by atoms with van der Waals surface area (Å²) in [5.41, 5.74) is 3.21.